The van der Waals surface area contributed by atoms with Gasteiger partial charge >= 0.3 is 0 Å². The standard InChI is InChI=1S/C12H23N/c1-9(2)10(3)13-8-7-11-5-4-6-12(11)13/h9-12H,4-8H2,1-3H3/t10?,11-,12?/m1/s1. The van der Waals surface area contributed by atoms with Gasteiger partial charge in [0.15, 0.2) is 0 Å². The van der Waals surface area contributed by atoms with E-state index in [1.165, 1.54) is 32.2 Å². The normalized spacial score (nSPS) is 36.9. The quantitative estimate of drug-likeness (QED) is 0.633. The molecule has 1 aliphatic heterocycles. The Kier molecular flexibility index (Phi) is 2.64. The van der Waals surface area contributed by atoms with E-state index in [1.807, 2.05) is 0 Å². The van der Waals surface area contributed by atoms with Gasteiger partial charge in [-0.2, -0.15) is 0 Å². The van der Waals surface area contributed by atoms with E-state index in [-0.39, 0.29) is 0 Å². The highest BCUT2D eigenvalue weighted by Crippen LogP contribution is 2.39. The summed E-state index contributed by atoms with van der Waals surface area (Å²) in [5, 5.41) is 0. The molecule has 1 heteroatoms. The summed E-state index contributed by atoms with van der Waals surface area (Å²) in [4.78, 5) is 2.78. The predicted molar refractivity (Wildman–Crippen MR) is 56.8 cm³/mol. The molecule has 1 nitrogen and oxygen atoms in total. The summed E-state index contributed by atoms with van der Waals surface area (Å²) in [7, 11) is 0. The summed E-state index contributed by atoms with van der Waals surface area (Å²) in [5.74, 6) is 1.88. The molecular formula is C12H23N. The minimum Gasteiger partial charge on any atom is -0.297 e. The van der Waals surface area contributed by atoms with Crippen molar-refractivity contribution in [3.63, 3.8) is 0 Å². The van der Waals surface area contributed by atoms with Gasteiger partial charge in [0, 0.05) is 12.1 Å². The van der Waals surface area contributed by atoms with Crippen LogP contribution in [0.3, 0.4) is 0 Å². The van der Waals surface area contributed by atoms with Crippen molar-refractivity contribution in [2.24, 2.45) is 11.8 Å². The Morgan fingerprint density at radius 2 is 1.85 bits per heavy atom. The van der Waals surface area contributed by atoms with Crippen molar-refractivity contribution in [3.8, 4) is 0 Å². The van der Waals surface area contributed by atoms with E-state index in [1.54, 1.807) is 0 Å². The van der Waals surface area contributed by atoms with Crippen molar-refractivity contribution in [2.45, 2.75) is 58.5 Å². The van der Waals surface area contributed by atoms with Gasteiger partial charge in [0.05, 0.1) is 0 Å². The molecule has 76 valence electrons. The predicted octanol–water partition coefficient (Wildman–Crippen LogP) is 2.91. The Morgan fingerprint density at radius 3 is 2.54 bits per heavy atom. The molecule has 0 N–H and O–H groups in total. The number of fused-ring (bicyclic) bond motifs is 1. The summed E-state index contributed by atoms with van der Waals surface area (Å²) < 4.78 is 0. The molecule has 3 atom stereocenters. The lowest BCUT2D eigenvalue weighted by Crippen LogP contribution is -2.40. The third-order valence-electron chi connectivity index (χ3n) is 4.29. The molecule has 0 aromatic carbocycles. The highest BCUT2D eigenvalue weighted by molar-refractivity contribution is 4.94. The Morgan fingerprint density at radius 1 is 1.08 bits per heavy atom. The van der Waals surface area contributed by atoms with Crippen LogP contribution in [0.1, 0.15) is 46.5 Å². The summed E-state index contributed by atoms with van der Waals surface area (Å²) in [6, 6.07) is 1.76. The van der Waals surface area contributed by atoms with E-state index in [2.05, 4.69) is 25.7 Å². The zero-order valence-corrected chi connectivity index (χ0v) is 9.29. The van der Waals surface area contributed by atoms with Gasteiger partial charge in [-0.1, -0.05) is 20.3 Å². The SMILES string of the molecule is CC(C)C(C)N1CC[C@H]2CCCC21. The molecule has 2 unspecified atom stereocenters. The Bertz CT molecular complexity index is 176. The first-order chi connectivity index (χ1) is 6.20. The molecule has 2 fully saturated rings. The fourth-order valence-electron chi connectivity index (χ4n) is 3.16. The minimum absolute atomic E-state index is 0.799. The number of nitrogens with zero attached hydrogens (tertiary/aromatic N) is 1. The topological polar surface area (TPSA) is 3.24 Å². The van der Waals surface area contributed by atoms with Crippen LogP contribution in [0.2, 0.25) is 0 Å². The van der Waals surface area contributed by atoms with Gasteiger partial charge in [0.2, 0.25) is 0 Å². The van der Waals surface area contributed by atoms with Crippen LogP contribution in [0.5, 0.6) is 0 Å². The van der Waals surface area contributed by atoms with Crippen molar-refractivity contribution >= 4 is 0 Å². The molecule has 0 bridgehead atoms. The van der Waals surface area contributed by atoms with Crippen molar-refractivity contribution < 1.29 is 0 Å². The lowest BCUT2D eigenvalue weighted by atomic mass is 10.0. The number of rotatable bonds is 2. The average molecular weight is 181 g/mol. The van der Waals surface area contributed by atoms with Gasteiger partial charge in [0.25, 0.3) is 0 Å². The molecule has 1 aliphatic carbocycles. The average Bonchev–Trinajstić information content (AvgIpc) is 2.61. The second-order valence-electron chi connectivity index (χ2n) is 5.27. The first-order valence-electron chi connectivity index (χ1n) is 5.96. The van der Waals surface area contributed by atoms with Gasteiger partial charge in [-0.15, -0.1) is 0 Å². The molecule has 1 heterocycles. The van der Waals surface area contributed by atoms with Crippen LogP contribution >= 0.6 is 0 Å². The Hall–Kier alpha value is -0.0400. The highest BCUT2D eigenvalue weighted by atomic mass is 15.2. The van der Waals surface area contributed by atoms with E-state index in [0.717, 1.165) is 23.9 Å². The van der Waals surface area contributed by atoms with Gasteiger partial charge in [0.1, 0.15) is 0 Å². The van der Waals surface area contributed by atoms with E-state index in [0.29, 0.717) is 0 Å². The fraction of sp³-hybridized carbons (Fsp3) is 1.00. The van der Waals surface area contributed by atoms with Crippen molar-refractivity contribution in [1.82, 2.24) is 4.90 Å². The molecule has 0 radical (unpaired) electrons. The molecule has 0 aromatic heterocycles. The van der Waals surface area contributed by atoms with Crippen LogP contribution in [0.25, 0.3) is 0 Å². The maximum Gasteiger partial charge on any atom is 0.0127 e. The second kappa shape index (κ2) is 3.61. The number of hydrogen-bond acceptors (Lipinski definition) is 1. The van der Waals surface area contributed by atoms with Crippen LogP contribution in [-0.4, -0.2) is 23.5 Å². The van der Waals surface area contributed by atoms with E-state index in [4.69, 9.17) is 0 Å². The van der Waals surface area contributed by atoms with Crippen LogP contribution in [-0.2, 0) is 0 Å². The molecular weight excluding hydrogens is 158 g/mol. The Labute approximate surface area is 82.5 Å². The van der Waals surface area contributed by atoms with E-state index in [9.17, 15) is 0 Å². The highest BCUT2D eigenvalue weighted by Gasteiger charge is 2.39. The van der Waals surface area contributed by atoms with Crippen LogP contribution in [0, 0.1) is 11.8 Å². The third kappa shape index (κ3) is 1.63. The van der Waals surface area contributed by atoms with Gasteiger partial charge in [-0.05, 0) is 44.6 Å². The summed E-state index contributed by atoms with van der Waals surface area (Å²) in [5.41, 5.74) is 0. The molecule has 0 spiro atoms. The third-order valence-corrected chi connectivity index (χ3v) is 4.29. The van der Waals surface area contributed by atoms with Crippen molar-refractivity contribution in [1.29, 1.82) is 0 Å². The molecule has 1 saturated heterocycles. The van der Waals surface area contributed by atoms with Gasteiger partial charge < -0.3 is 0 Å². The van der Waals surface area contributed by atoms with Gasteiger partial charge in [-0.3, -0.25) is 4.90 Å². The monoisotopic (exact) mass is 181 g/mol. The van der Waals surface area contributed by atoms with Gasteiger partial charge in [-0.25, -0.2) is 0 Å². The first-order valence-corrected chi connectivity index (χ1v) is 5.96. The van der Waals surface area contributed by atoms with Crippen LogP contribution in [0.15, 0.2) is 0 Å². The fourth-order valence-corrected chi connectivity index (χ4v) is 3.16. The maximum atomic E-state index is 2.78. The maximum absolute atomic E-state index is 2.78. The van der Waals surface area contributed by atoms with Crippen molar-refractivity contribution in [2.75, 3.05) is 6.54 Å². The lowest BCUT2D eigenvalue weighted by molar-refractivity contribution is 0.146. The zero-order valence-electron chi connectivity index (χ0n) is 9.29. The van der Waals surface area contributed by atoms with Crippen LogP contribution in [0.4, 0.5) is 0 Å². The summed E-state index contributed by atoms with van der Waals surface area (Å²) in [6.07, 6.45) is 5.94. The number of likely N-dealkylation sites (tertiary alicyclic amines) is 1. The number of hydrogen-bond donors (Lipinski definition) is 0. The van der Waals surface area contributed by atoms with E-state index >= 15 is 0 Å². The molecule has 1 saturated carbocycles. The van der Waals surface area contributed by atoms with Crippen LogP contribution < -0.4 is 0 Å². The molecule has 0 amide bonds. The second-order valence-corrected chi connectivity index (χ2v) is 5.27. The summed E-state index contributed by atoms with van der Waals surface area (Å²) >= 11 is 0. The molecule has 13 heavy (non-hydrogen) atoms. The smallest absolute Gasteiger partial charge is 0.0127 e. The Balaban J connectivity index is 2.00. The summed E-state index contributed by atoms with van der Waals surface area (Å²) in [6.45, 7) is 8.49. The first kappa shape index (κ1) is 9.51. The largest absolute Gasteiger partial charge is 0.297 e. The molecule has 0 aromatic rings. The van der Waals surface area contributed by atoms with Crippen molar-refractivity contribution in [3.05, 3.63) is 0 Å². The zero-order chi connectivity index (χ0) is 9.42. The minimum atomic E-state index is 0.799. The molecule has 2 aliphatic rings. The lowest BCUT2D eigenvalue weighted by Gasteiger charge is -2.32. The van der Waals surface area contributed by atoms with E-state index < -0.39 is 0 Å². The molecule has 2 rings (SSSR count).